The van der Waals surface area contributed by atoms with Gasteiger partial charge in [0.2, 0.25) is 5.91 Å². The Morgan fingerprint density at radius 3 is 2.55 bits per heavy atom. The molecule has 5 nitrogen and oxygen atoms in total. The third-order valence-corrected chi connectivity index (χ3v) is 5.86. The Labute approximate surface area is 172 Å². The van der Waals surface area contributed by atoms with E-state index in [0.29, 0.717) is 26.1 Å². The molecule has 2 aromatic carbocycles. The molecule has 1 saturated heterocycles. The van der Waals surface area contributed by atoms with Gasteiger partial charge in [0.05, 0.1) is 13.2 Å². The standard InChI is InChI=1S/C24H28N2O3/c1-17-4-3-5-21(14-17)19-8-6-18(7-9-19)15-24(23(28)25-2)16-26(12-13-29-24)22(27)20-10-11-20/h3-9,14,20H,10-13,15-16H2,1-2H3,(H,25,28)/t24-/m1/s1. The van der Waals surface area contributed by atoms with Crippen LogP contribution in [0.1, 0.15) is 24.0 Å². The number of carbonyl (C=O) groups excluding carboxylic acids is 2. The van der Waals surface area contributed by atoms with Crippen LogP contribution in [-0.2, 0) is 20.7 Å². The van der Waals surface area contributed by atoms with Crippen LogP contribution in [0.2, 0.25) is 0 Å². The van der Waals surface area contributed by atoms with Crippen molar-refractivity contribution < 1.29 is 14.3 Å². The van der Waals surface area contributed by atoms with E-state index in [4.69, 9.17) is 4.74 Å². The number of morpholine rings is 1. The number of hydrogen-bond donors (Lipinski definition) is 1. The molecule has 2 aromatic rings. The molecule has 0 aromatic heterocycles. The quantitative estimate of drug-likeness (QED) is 0.851. The van der Waals surface area contributed by atoms with Crippen LogP contribution >= 0.6 is 0 Å². The summed E-state index contributed by atoms with van der Waals surface area (Å²) in [6, 6.07) is 16.7. The first kappa shape index (κ1) is 19.6. The number of benzene rings is 2. The Kier molecular flexibility index (Phi) is 5.41. The van der Waals surface area contributed by atoms with E-state index in [2.05, 4.69) is 48.6 Å². The normalized spacial score (nSPS) is 21.7. The Balaban J connectivity index is 1.55. The van der Waals surface area contributed by atoms with E-state index >= 15 is 0 Å². The minimum Gasteiger partial charge on any atom is -0.361 e. The predicted octanol–water partition coefficient (Wildman–Crippen LogP) is 2.96. The summed E-state index contributed by atoms with van der Waals surface area (Å²) in [4.78, 5) is 27.2. The van der Waals surface area contributed by atoms with Crippen molar-refractivity contribution in [1.82, 2.24) is 10.2 Å². The second kappa shape index (κ2) is 7.99. The highest BCUT2D eigenvalue weighted by Gasteiger charge is 2.46. The molecule has 5 heteroatoms. The summed E-state index contributed by atoms with van der Waals surface area (Å²) in [6.07, 6.45) is 2.36. The van der Waals surface area contributed by atoms with Gasteiger partial charge in [0, 0.05) is 25.9 Å². The van der Waals surface area contributed by atoms with E-state index < -0.39 is 5.60 Å². The molecule has 0 bridgehead atoms. The molecule has 0 radical (unpaired) electrons. The molecule has 1 saturated carbocycles. The average Bonchev–Trinajstić information content (AvgIpc) is 3.59. The van der Waals surface area contributed by atoms with Crippen molar-refractivity contribution in [3.05, 3.63) is 59.7 Å². The fourth-order valence-electron chi connectivity index (χ4n) is 4.08. The number of likely N-dealkylation sites (N-methyl/N-ethyl adjacent to an activating group) is 1. The monoisotopic (exact) mass is 392 g/mol. The van der Waals surface area contributed by atoms with Crippen molar-refractivity contribution in [2.45, 2.75) is 31.8 Å². The second-order valence-corrected chi connectivity index (χ2v) is 8.20. The maximum Gasteiger partial charge on any atom is 0.254 e. The fourth-order valence-corrected chi connectivity index (χ4v) is 4.08. The molecule has 1 N–H and O–H groups in total. The van der Waals surface area contributed by atoms with Gasteiger partial charge in [-0.25, -0.2) is 0 Å². The summed E-state index contributed by atoms with van der Waals surface area (Å²) < 4.78 is 6.03. The lowest BCUT2D eigenvalue weighted by Crippen LogP contribution is -2.61. The number of rotatable bonds is 5. The fraction of sp³-hybridized carbons (Fsp3) is 0.417. The van der Waals surface area contributed by atoms with E-state index in [1.54, 1.807) is 7.05 Å². The molecule has 1 aliphatic carbocycles. The maximum atomic E-state index is 12.8. The zero-order chi connectivity index (χ0) is 20.4. The van der Waals surface area contributed by atoms with Crippen molar-refractivity contribution in [1.29, 1.82) is 0 Å². The van der Waals surface area contributed by atoms with Crippen LogP contribution in [0.3, 0.4) is 0 Å². The third kappa shape index (κ3) is 4.20. The molecule has 0 spiro atoms. The Bertz CT molecular complexity index is 905. The Morgan fingerprint density at radius 1 is 1.14 bits per heavy atom. The van der Waals surface area contributed by atoms with Gasteiger partial charge < -0.3 is 15.0 Å². The minimum atomic E-state index is -1.04. The number of nitrogens with one attached hydrogen (secondary N) is 1. The van der Waals surface area contributed by atoms with Crippen molar-refractivity contribution in [3.8, 4) is 11.1 Å². The van der Waals surface area contributed by atoms with Gasteiger partial charge in [0.1, 0.15) is 0 Å². The highest BCUT2D eigenvalue weighted by Crippen LogP contribution is 2.33. The van der Waals surface area contributed by atoms with Gasteiger partial charge in [-0.05, 0) is 36.5 Å². The molecule has 0 unspecified atom stereocenters. The lowest BCUT2D eigenvalue weighted by molar-refractivity contribution is -0.166. The van der Waals surface area contributed by atoms with Crippen molar-refractivity contribution >= 4 is 11.8 Å². The van der Waals surface area contributed by atoms with Crippen molar-refractivity contribution in [2.75, 3.05) is 26.7 Å². The number of carbonyl (C=O) groups is 2. The van der Waals surface area contributed by atoms with E-state index in [-0.39, 0.29) is 17.7 Å². The van der Waals surface area contributed by atoms with Crippen LogP contribution in [0.15, 0.2) is 48.5 Å². The molecule has 152 valence electrons. The molecule has 1 heterocycles. The number of amides is 2. The molecule has 4 rings (SSSR count). The van der Waals surface area contributed by atoms with E-state index in [9.17, 15) is 9.59 Å². The van der Waals surface area contributed by atoms with Gasteiger partial charge in [-0.3, -0.25) is 9.59 Å². The summed E-state index contributed by atoms with van der Waals surface area (Å²) in [5.41, 5.74) is 3.52. The van der Waals surface area contributed by atoms with Crippen LogP contribution in [0.5, 0.6) is 0 Å². The molecular weight excluding hydrogens is 364 g/mol. The van der Waals surface area contributed by atoms with Crippen LogP contribution in [-0.4, -0.2) is 49.1 Å². The molecule has 2 fully saturated rings. The minimum absolute atomic E-state index is 0.143. The van der Waals surface area contributed by atoms with Gasteiger partial charge in [-0.1, -0.05) is 54.1 Å². The van der Waals surface area contributed by atoms with Crippen LogP contribution < -0.4 is 5.32 Å². The highest BCUT2D eigenvalue weighted by molar-refractivity contribution is 5.88. The van der Waals surface area contributed by atoms with Crippen molar-refractivity contribution in [3.63, 3.8) is 0 Å². The SMILES string of the molecule is CNC(=O)[C@@]1(Cc2ccc(-c3cccc(C)c3)cc2)CN(C(=O)C2CC2)CCO1. The summed E-state index contributed by atoms with van der Waals surface area (Å²) in [5.74, 6) is 0.133. The molecular formula is C24H28N2O3. The summed E-state index contributed by atoms with van der Waals surface area (Å²) >= 11 is 0. The second-order valence-electron chi connectivity index (χ2n) is 8.20. The average molecular weight is 392 g/mol. The molecule has 29 heavy (non-hydrogen) atoms. The lowest BCUT2D eigenvalue weighted by Gasteiger charge is -2.41. The van der Waals surface area contributed by atoms with E-state index in [1.165, 1.54) is 11.1 Å². The molecule has 2 amide bonds. The molecule has 1 atom stereocenters. The zero-order valence-corrected chi connectivity index (χ0v) is 17.1. The van der Waals surface area contributed by atoms with Crippen LogP contribution in [0.4, 0.5) is 0 Å². The van der Waals surface area contributed by atoms with Gasteiger partial charge >= 0.3 is 0 Å². The topological polar surface area (TPSA) is 58.6 Å². The first-order chi connectivity index (χ1) is 14.0. The highest BCUT2D eigenvalue weighted by atomic mass is 16.5. The molecule has 2 aliphatic rings. The number of aryl methyl sites for hydroxylation is 1. The van der Waals surface area contributed by atoms with Crippen molar-refractivity contribution in [2.24, 2.45) is 5.92 Å². The number of ether oxygens (including phenoxy) is 1. The summed E-state index contributed by atoms with van der Waals surface area (Å²) in [7, 11) is 1.62. The van der Waals surface area contributed by atoms with Crippen LogP contribution in [0.25, 0.3) is 11.1 Å². The van der Waals surface area contributed by atoms with Gasteiger partial charge in [0.15, 0.2) is 5.60 Å². The summed E-state index contributed by atoms with van der Waals surface area (Å²) in [6.45, 7) is 3.33. The van der Waals surface area contributed by atoms with Gasteiger partial charge in [0.25, 0.3) is 5.91 Å². The van der Waals surface area contributed by atoms with E-state index in [0.717, 1.165) is 24.0 Å². The predicted molar refractivity (Wildman–Crippen MR) is 112 cm³/mol. The number of nitrogens with zero attached hydrogens (tertiary/aromatic N) is 1. The smallest absolute Gasteiger partial charge is 0.254 e. The van der Waals surface area contributed by atoms with E-state index in [1.807, 2.05) is 17.0 Å². The maximum absolute atomic E-state index is 12.8. The Hall–Kier alpha value is -2.66. The zero-order valence-electron chi connectivity index (χ0n) is 17.1. The van der Waals surface area contributed by atoms with Crippen LogP contribution in [0, 0.1) is 12.8 Å². The first-order valence-electron chi connectivity index (χ1n) is 10.3. The molecule has 1 aliphatic heterocycles. The first-order valence-corrected chi connectivity index (χ1v) is 10.3. The summed E-state index contributed by atoms with van der Waals surface area (Å²) in [5, 5.41) is 2.74. The third-order valence-electron chi connectivity index (χ3n) is 5.86. The largest absolute Gasteiger partial charge is 0.361 e. The Morgan fingerprint density at radius 2 is 1.90 bits per heavy atom. The number of hydrogen-bond acceptors (Lipinski definition) is 3. The lowest BCUT2D eigenvalue weighted by atomic mass is 9.90. The van der Waals surface area contributed by atoms with Gasteiger partial charge in [-0.15, -0.1) is 0 Å². The van der Waals surface area contributed by atoms with Gasteiger partial charge in [-0.2, -0.15) is 0 Å².